The van der Waals surface area contributed by atoms with E-state index in [1.807, 2.05) is 12.1 Å². The van der Waals surface area contributed by atoms with Gasteiger partial charge in [-0.1, -0.05) is 41.1 Å². The van der Waals surface area contributed by atoms with Crippen molar-refractivity contribution in [3.8, 4) is 11.1 Å². The summed E-state index contributed by atoms with van der Waals surface area (Å²) in [5, 5.41) is 25.3. The number of nitrogens with one attached hydrogen (secondary N) is 3. The summed E-state index contributed by atoms with van der Waals surface area (Å²) in [6.07, 6.45) is 2.60. The van der Waals surface area contributed by atoms with Gasteiger partial charge in [-0.25, -0.2) is 4.39 Å². The summed E-state index contributed by atoms with van der Waals surface area (Å²) < 4.78 is 19.6. The van der Waals surface area contributed by atoms with Crippen LogP contribution >= 0.6 is 11.6 Å². The van der Waals surface area contributed by atoms with Crippen LogP contribution < -0.4 is 10.6 Å². The van der Waals surface area contributed by atoms with E-state index >= 15 is 0 Å². The Morgan fingerprint density at radius 1 is 1.22 bits per heavy atom. The molecule has 2 aromatic carbocycles. The Morgan fingerprint density at radius 3 is 2.68 bits per heavy atom. The van der Waals surface area contributed by atoms with Crippen LogP contribution in [0.5, 0.6) is 0 Å². The van der Waals surface area contributed by atoms with Gasteiger partial charge in [0.25, 0.3) is 5.91 Å². The SMILES string of the molecule is CCOC(=O)[C@H](CNCCCO)C[C@@H](Cc1ccc(-c2cc(Cl)ccc2F)cc1)NC(=O)c1cnn[nH]1. The summed E-state index contributed by atoms with van der Waals surface area (Å²) in [6, 6.07) is 11.3. The van der Waals surface area contributed by atoms with Gasteiger partial charge in [-0.3, -0.25) is 14.7 Å². The molecule has 0 unspecified atom stereocenters. The number of hydrogen-bond donors (Lipinski definition) is 4. The number of aliphatic hydroxyl groups is 1. The maximum absolute atomic E-state index is 14.3. The summed E-state index contributed by atoms with van der Waals surface area (Å²) in [5.74, 6) is -1.67. The van der Waals surface area contributed by atoms with E-state index in [0.717, 1.165) is 5.56 Å². The molecule has 11 heteroatoms. The number of esters is 1. The van der Waals surface area contributed by atoms with E-state index < -0.39 is 17.9 Å². The Labute approximate surface area is 219 Å². The predicted molar refractivity (Wildman–Crippen MR) is 137 cm³/mol. The first-order valence-corrected chi connectivity index (χ1v) is 12.5. The minimum Gasteiger partial charge on any atom is -0.466 e. The van der Waals surface area contributed by atoms with Crippen molar-refractivity contribution in [3.05, 3.63) is 70.8 Å². The number of halogens is 2. The van der Waals surface area contributed by atoms with Crippen LogP contribution in [0.3, 0.4) is 0 Å². The molecule has 1 amide bonds. The fraction of sp³-hybridized carbons (Fsp3) is 0.385. The molecule has 0 fully saturated rings. The van der Waals surface area contributed by atoms with Gasteiger partial charge in [0.15, 0.2) is 0 Å². The molecule has 0 aliphatic carbocycles. The number of aromatic amines is 1. The second-order valence-corrected chi connectivity index (χ2v) is 8.97. The minimum absolute atomic E-state index is 0.0447. The van der Waals surface area contributed by atoms with Crippen molar-refractivity contribution in [2.75, 3.05) is 26.3 Å². The summed E-state index contributed by atoms with van der Waals surface area (Å²) in [7, 11) is 0. The molecule has 1 heterocycles. The van der Waals surface area contributed by atoms with Gasteiger partial charge in [0, 0.05) is 29.8 Å². The second kappa shape index (κ2) is 14.4. The molecule has 0 bridgehead atoms. The van der Waals surface area contributed by atoms with Crippen LogP contribution in [0.15, 0.2) is 48.7 Å². The number of rotatable bonds is 14. The Bertz CT molecular complexity index is 1140. The molecule has 0 spiro atoms. The van der Waals surface area contributed by atoms with E-state index in [4.69, 9.17) is 21.4 Å². The third-order valence-corrected chi connectivity index (χ3v) is 6.00. The minimum atomic E-state index is -0.524. The van der Waals surface area contributed by atoms with E-state index in [1.165, 1.54) is 18.3 Å². The van der Waals surface area contributed by atoms with Gasteiger partial charge in [0.1, 0.15) is 11.5 Å². The molecule has 0 radical (unpaired) electrons. The van der Waals surface area contributed by atoms with Crippen LogP contribution in [0, 0.1) is 11.7 Å². The number of amides is 1. The number of carbonyl (C=O) groups excluding carboxylic acids is 2. The zero-order valence-corrected chi connectivity index (χ0v) is 21.3. The lowest BCUT2D eigenvalue weighted by atomic mass is 9.93. The standard InChI is InChI=1S/C26H31ClFN5O4/c1-2-37-26(36)19(15-29-10-3-11-34)13-21(31-25(35)24-16-30-33-32-24)12-17-4-6-18(7-5-17)22-14-20(27)8-9-23(22)28/h4-9,14,16,19,21,29,34H,2-3,10-13,15H2,1H3,(H,31,35)(H,30,32,33)/t19-,21+/m0/s1. The molecule has 4 N–H and O–H groups in total. The zero-order chi connectivity index (χ0) is 26.6. The maximum atomic E-state index is 14.3. The molecule has 0 saturated heterocycles. The number of carbonyl (C=O) groups is 2. The molecule has 0 saturated carbocycles. The van der Waals surface area contributed by atoms with E-state index in [2.05, 4.69) is 26.0 Å². The summed E-state index contributed by atoms with van der Waals surface area (Å²) in [6.45, 7) is 2.91. The maximum Gasteiger partial charge on any atom is 0.310 e. The number of ether oxygens (including phenoxy) is 1. The van der Waals surface area contributed by atoms with Gasteiger partial charge < -0.3 is 20.5 Å². The summed E-state index contributed by atoms with van der Waals surface area (Å²) >= 11 is 6.03. The molecule has 3 aromatic rings. The molecule has 1 aromatic heterocycles. The van der Waals surface area contributed by atoms with Crippen molar-refractivity contribution in [2.45, 2.75) is 32.2 Å². The average Bonchev–Trinajstić information content (AvgIpc) is 3.43. The largest absolute Gasteiger partial charge is 0.466 e. The number of H-pyrrole nitrogens is 1. The van der Waals surface area contributed by atoms with Crippen LogP contribution in [-0.4, -0.2) is 64.7 Å². The van der Waals surface area contributed by atoms with Crippen LogP contribution in [0.25, 0.3) is 11.1 Å². The van der Waals surface area contributed by atoms with Crippen LogP contribution in [0.2, 0.25) is 5.02 Å². The highest BCUT2D eigenvalue weighted by Gasteiger charge is 2.26. The Kier molecular flexibility index (Phi) is 11.0. The fourth-order valence-corrected chi connectivity index (χ4v) is 4.11. The van der Waals surface area contributed by atoms with Gasteiger partial charge in [0.05, 0.1) is 18.7 Å². The third kappa shape index (κ3) is 8.63. The van der Waals surface area contributed by atoms with Crippen molar-refractivity contribution in [3.63, 3.8) is 0 Å². The lowest BCUT2D eigenvalue weighted by molar-refractivity contribution is -0.148. The van der Waals surface area contributed by atoms with Crippen LogP contribution in [-0.2, 0) is 16.0 Å². The van der Waals surface area contributed by atoms with E-state index in [-0.39, 0.29) is 30.7 Å². The second-order valence-electron chi connectivity index (χ2n) is 8.53. The smallest absolute Gasteiger partial charge is 0.310 e. The van der Waals surface area contributed by atoms with Gasteiger partial charge in [-0.15, -0.1) is 5.10 Å². The molecular formula is C26H31ClFN5O4. The van der Waals surface area contributed by atoms with Gasteiger partial charge >= 0.3 is 5.97 Å². The molecule has 2 atom stereocenters. The quantitative estimate of drug-likeness (QED) is 0.186. The van der Waals surface area contributed by atoms with Crippen molar-refractivity contribution < 1.29 is 23.8 Å². The molecule has 0 aliphatic rings. The molecular weight excluding hydrogens is 501 g/mol. The van der Waals surface area contributed by atoms with Crippen LogP contribution in [0.1, 0.15) is 35.8 Å². The van der Waals surface area contributed by atoms with Crippen molar-refractivity contribution in [1.29, 1.82) is 0 Å². The predicted octanol–water partition coefficient (Wildman–Crippen LogP) is 3.15. The van der Waals surface area contributed by atoms with Gasteiger partial charge in [-0.05, 0) is 62.1 Å². The number of aromatic nitrogens is 3. The molecule has 198 valence electrons. The Morgan fingerprint density at radius 2 is 2.00 bits per heavy atom. The highest BCUT2D eigenvalue weighted by molar-refractivity contribution is 6.30. The molecule has 37 heavy (non-hydrogen) atoms. The van der Waals surface area contributed by atoms with Crippen molar-refractivity contribution in [1.82, 2.24) is 26.0 Å². The normalized spacial score (nSPS) is 12.6. The first-order valence-electron chi connectivity index (χ1n) is 12.1. The molecule has 0 aliphatic heterocycles. The molecule has 9 nitrogen and oxygen atoms in total. The number of benzene rings is 2. The Balaban J connectivity index is 1.78. The molecule has 3 rings (SSSR count). The van der Waals surface area contributed by atoms with E-state index in [0.29, 0.717) is 48.5 Å². The van der Waals surface area contributed by atoms with Gasteiger partial charge in [-0.2, -0.15) is 0 Å². The number of hydrogen-bond acceptors (Lipinski definition) is 7. The van der Waals surface area contributed by atoms with Crippen LogP contribution in [0.4, 0.5) is 4.39 Å². The summed E-state index contributed by atoms with van der Waals surface area (Å²) in [5.41, 5.74) is 2.15. The van der Waals surface area contributed by atoms with Crippen molar-refractivity contribution in [2.24, 2.45) is 5.92 Å². The van der Waals surface area contributed by atoms with Crippen molar-refractivity contribution >= 4 is 23.5 Å². The zero-order valence-electron chi connectivity index (χ0n) is 20.5. The first-order chi connectivity index (χ1) is 17.9. The monoisotopic (exact) mass is 531 g/mol. The Hall–Kier alpha value is -3.34. The number of aliphatic hydroxyl groups excluding tert-OH is 1. The van der Waals surface area contributed by atoms with E-state index in [9.17, 15) is 14.0 Å². The lowest BCUT2D eigenvalue weighted by Crippen LogP contribution is -2.42. The fourth-order valence-electron chi connectivity index (χ4n) is 3.93. The third-order valence-electron chi connectivity index (χ3n) is 5.76. The highest BCUT2D eigenvalue weighted by Crippen LogP contribution is 2.27. The van der Waals surface area contributed by atoms with E-state index in [1.54, 1.807) is 25.1 Å². The highest BCUT2D eigenvalue weighted by atomic mass is 35.5. The van der Waals surface area contributed by atoms with Gasteiger partial charge in [0.2, 0.25) is 0 Å². The average molecular weight is 532 g/mol. The first kappa shape index (κ1) is 28.2. The number of nitrogens with zero attached hydrogens (tertiary/aromatic N) is 2. The lowest BCUT2D eigenvalue weighted by Gasteiger charge is -2.24. The topological polar surface area (TPSA) is 129 Å². The summed E-state index contributed by atoms with van der Waals surface area (Å²) in [4.78, 5) is 25.4.